The summed E-state index contributed by atoms with van der Waals surface area (Å²) in [5, 5.41) is 8.78. The van der Waals surface area contributed by atoms with E-state index in [1.165, 1.54) is 12.8 Å². The third-order valence-corrected chi connectivity index (χ3v) is 3.48. The van der Waals surface area contributed by atoms with Crippen LogP contribution in [0.1, 0.15) is 59.8 Å². The van der Waals surface area contributed by atoms with Gasteiger partial charge in [-0.1, -0.05) is 34.1 Å². The van der Waals surface area contributed by atoms with Gasteiger partial charge in [0.2, 0.25) is 6.19 Å². The van der Waals surface area contributed by atoms with Gasteiger partial charge < -0.3 is 4.90 Å². The van der Waals surface area contributed by atoms with Crippen molar-refractivity contribution >= 4 is 5.84 Å². The van der Waals surface area contributed by atoms with E-state index in [-0.39, 0.29) is 0 Å². The van der Waals surface area contributed by atoms with E-state index in [1.807, 2.05) is 6.19 Å². The molecule has 102 valence electrons. The lowest BCUT2D eigenvalue weighted by Crippen LogP contribution is -2.29. The quantitative estimate of drug-likeness (QED) is 0.432. The van der Waals surface area contributed by atoms with Crippen molar-refractivity contribution in [1.82, 2.24) is 4.90 Å². The molecule has 1 atom stereocenters. The van der Waals surface area contributed by atoms with Crippen LogP contribution in [0, 0.1) is 22.8 Å². The topological polar surface area (TPSA) is 39.4 Å². The van der Waals surface area contributed by atoms with Crippen LogP contribution in [0.3, 0.4) is 0 Å². The van der Waals surface area contributed by atoms with Gasteiger partial charge >= 0.3 is 0 Å². The number of hydrogen-bond acceptors (Lipinski definition) is 2. The smallest absolute Gasteiger partial charge is 0.207 e. The Morgan fingerprint density at radius 1 is 1.44 bits per heavy atom. The average molecular weight is 249 g/mol. The van der Waals surface area contributed by atoms with Crippen molar-refractivity contribution in [2.75, 3.05) is 13.1 Å². The second kappa shape index (κ2) is 6.78. The third-order valence-electron chi connectivity index (χ3n) is 3.48. The molecule has 0 aromatic heterocycles. The van der Waals surface area contributed by atoms with Crippen LogP contribution in [-0.4, -0.2) is 23.8 Å². The van der Waals surface area contributed by atoms with Gasteiger partial charge in [0.1, 0.15) is 5.84 Å². The van der Waals surface area contributed by atoms with E-state index in [0.717, 1.165) is 44.1 Å². The Morgan fingerprint density at radius 2 is 2.17 bits per heavy atom. The second-order valence-electron chi connectivity index (χ2n) is 6.60. The standard InChI is InChI=1S/C15H27N3/c1-5-6-7-14(17-12-16)18-9-8-13(11-18)10-15(2,3)4/h13H,5-11H2,1-4H3. The molecule has 3 heteroatoms. The molecule has 3 nitrogen and oxygen atoms in total. The van der Waals surface area contributed by atoms with E-state index in [2.05, 4.69) is 37.6 Å². The highest BCUT2D eigenvalue weighted by molar-refractivity contribution is 5.83. The maximum atomic E-state index is 8.78. The lowest BCUT2D eigenvalue weighted by molar-refractivity contribution is 0.298. The Labute approximate surface area is 112 Å². The van der Waals surface area contributed by atoms with Crippen LogP contribution < -0.4 is 0 Å². The summed E-state index contributed by atoms with van der Waals surface area (Å²) in [5.41, 5.74) is 0.399. The van der Waals surface area contributed by atoms with Crippen molar-refractivity contribution in [1.29, 1.82) is 5.26 Å². The van der Waals surface area contributed by atoms with Gasteiger partial charge in [0, 0.05) is 19.5 Å². The normalized spacial score (nSPS) is 21.2. The monoisotopic (exact) mass is 249 g/mol. The summed E-state index contributed by atoms with van der Waals surface area (Å²) in [7, 11) is 0. The number of unbranched alkanes of at least 4 members (excludes halogenated alkanes) is 1. The number of aliphatic imine (C=N–C) groups is 1. The first-order valence-corrected chi connectivity index (χ1v) is 7.17. The Bertz CT molecular complexity index is 320. The molecule has 18 heavy (non-hydrogen) atoms. The van der Waals surface area contributed by atoms with Gasteiger partial charge in [-0.2, -0.15) is 10.3 Å². The number of likely N-dealkylation sites (tertiary alicyclic amines) is 1. The minimum absolute atomic E-state index is 0.399. The maximum absolute atomic E-state index is 8.78. The van der Waals surface area contributed by atoms with Crippen LogP contribution >= 0.6 is 0 Å². The summed E-state index contributed by atoms with van der Waals surface area (Å²) in [4.78, 5) is 6.35. The first kappa shape index (κ1) is 15.0. The largest absolute Gasteiger partial charge is 0.359 e. The highest BCUT2D eigenvalue weighted by atomic mass is 15.2. The Morgan fingerprint density at radius 3 is 2.72 bits per heavy atom. The molecule has 0 aromatic carbocycles. The number of hydrogen-bond donors (Lipinski definition) is 0. The molecule has 0 spiro atoms. The van der Waals surface area contributed by atoms with Crippen molar-refractivity contribution in [3.63, 3.8) is 0 Å². The SMILES string of the molecule is CCCCC(=NC#N)N1CCC(CC(C)(C)C)C1. The minimum Gasteiger partial charge on any atom is -0.359 e. The molecule has 1 unspecified atom stereocenters. The summed E-state index contributed by atoms with van der Waals surface area (Å²) in [6.45, 7) is 11.2. The van der Waals surface area contributed by atoms with E-state index >= 15 is 0 Å². The van der Waals surface area contributed by atoms with Gasteiger partial charge in [0.05, 0.1) is 0 Å². The molecular formula is C15H27N3. The molecule has 1 aliphatic heterocycles. The van der Waals surface area contributed by atoms with E-state index in [9.17, 15) is 0 Å². The van der Waals surface area contributed by atoms with Crippen molar-refractivity contribution < 1.29 is 0 Å². The fourth-order valence-electron chi connectivity index (χ4n) is 2.78. The second-order valence-corrected chi connectivity index (χ2v) is 6.60. The molecule has 0 aliphatic carbocycles. The van der Waals surface area contributed by atoms with E-state index in [1.54, 1.807) is 0 Å². The highest BCUT2D eigenvalue weighted by Crippen LogP contribution is 2.30. The van der Waals surface area contributed by atoms with Crippen LogP contribution in [0.5, 0.6) is 0 Å². The zero-order valence-corrected chi connectivity index (χ0v) is 12.4. The summed E-state index contributed by atoms with van der Waals surface area (Å²) >= 11 is 0. The maximum Gasteiger partial charge on any atom is 0.207 e. The van der Waals surface area contributed by atoms with Gasteiger partial charge in [0.25, 0.3) is 0 Å². The molecule has 1 fully saturated rings. The predicted octanol–water partition coefficient (Wildman–Crippen LogP) is 3.81. The Balaban J connectivity index is 2.53. The summed E-state index contributed by atoms with van der Waals surface area (Å²) in [6.07, 6.45) is 7.70. The molecule has 1 aliphatic rings. The molecule has 0 radical (unpaired) electrons. The fraction of sp³-hybridized carbons (Fsp3) is 0.867. The first-order valence-electron chi connectivity index (χ1n) is 7.17. The van der Waals surface area contributed by atoms with Crippen molar-refractivity contribution in [3.05, 3.63) is 0 Å². The predicted molar refractivity (Wildman–Crippen MR) is 76.3 cm³/mol. The van der Waals surface area contributed by atoms with Crippen LogP contribution in [-0.2, 0) is 0 Å². The molecule has 0 bridgehead atoms. The van der Waals surface area contributed by atoms with Gasteiger partial charge in [0.15, 0.2) is 0 Å². The van der Waals surface area contributed by atoms with E-state index in [4.69, 9.17) is 5.26 Å². The number of amidine groups is 1. The van der Waals surface area contributed by atoms with Gasteiger partial charge in [-0.15, -0.1) is 0 Å². The molecular weight excluding hydrogens is 222 g/mol. The third kappa shape index (κ3) is 5.08. The Kier molecular flexibility index (Phi) is 5.65. The van der Waals surface area contributed by atoms with Crippen molar-refractivity contribution in [3.8, 4) is 6.19 Å². The lowest BCUT2D eigenvalue weighted by atomic mass is 9.84. The molecule has 1 rings (SSSR count). The van der Waals surface area contributed by atoms with Crippen LogP contribution in [0.2, 0.25) is 0 Å². The van der Waals surface area contributed by atoms with E-state index < -0.39 is 0 Å². The summed E-state index contributed by atoms with van der Waals surface area (Å²) in [5.74, 6) is 1.77. The first-order chi connectivity index (χ1) is 8.46. The number of nitrogens with zero attached hydrogens (tertiary/aromatic N) is 3. The average Bonchev–Trinajstić information content (AvgIpc) is 2.70. The highest BCUT2D eigenvalue weighted by Gasteiger charge is 2.28. The van der Waals surface area contributed by atoms with Gasteiger partial charge in [-0.25, -0.2) is 0 Å². The summed E-state index contributed by atoms with van der Waals surface area (Å²) in [6, 6.07) is 0. The summed E-state index contributed by atoms with van der Waals surface area (Å²) < 4.78 is 0. The van der Waals surface area contributed by atoms with Gasteiger partial charge in [-0.3, -0.25) is 0 Å². The lowest BCUT2D eigenvalue weighted by Gasteiger charge is -2.24. The zero-order chi connectivity index (χ0) is 13.6. The molecule has 1 saturated heterocycles. The number of rotatable bonds is 4. The molecule has 0 N–H and O–H groups in total. The molecule has 1 heterocycles. The molecule has 0 amide bonds. The zero-order valence-electron chi connectivity index (χ0n) is 12.4. The van der Waals surface area contributed by atoms with Crippen molar-refractivity contribution in [2.45, 2.75) is 59.8 Å². The van der Waals surface area contributed by atoms with Crippen LogP contribution in [0.25, 0.3) is 0 Å². The van der Waals surface area contributed by atoms with Crippen LogP contribution in [0.15, 0.2) is 4.99 Å². The number of nitriles is 1. The minimum atomic E-state index is 0.399. The Hall–Kier alpha value is -1.04. The fourth-order valence-corrected chi connectivity index (χ4v) is 2.78. The van der Waals surface area contributed by atoms with Crippen LogP contribution in [0.4, 0.5) is 0 Å². The van der Waals surface area contributed by atoms with E-state index in [0.29, 0.717) is 5.41 Å². The molecule has 0 saturated carbocycles. The van der Waals surface area contributed by atoms with Gasteiger partial charge in [-0.05, 0) is 30.6 Å². The molecule has 0 aromatic rings. The van der Waals surface area contributed by atoms with Crippen molar-refractivity contribution in [2.24, 2.45) is 16.3 Å².